The third-order valence-corrected chi connectivity index (χ3v) is 5.74. The molecular formula is C16H14BrClN4O. The molecule has 4 rings (SSSR count). The molecule has 2 amide bonds. The molecule has 2 aliphatic rings. The summed E-state index contributed by atoms with van der Waals surface area (Å²) < 4.78 is 0.761. The van der Waals surface area contributed by atoms with Crippen LogP contribution >= 0.6 is 27.5 Å². The largest absolute Gasteiger partial charge is 0.322 e. The fourth-order valence-electron chi connectivity index (χ4n) is 3.50. The van der Waals surface area contributed by atoms with Crippen molar-refractivity contribution in [3.05, 3.63) is 51.5 Å². The Bertz CT molecular complexity index is 784. The summed E-state index contributed by atoms with van der Waals surface area (Å²) in [5.74, 6) is 0. The van der Waals surface area contributed by atoms with Gasteiger partial charge in [-0.2, -0.15) is 0 Å². The average molecular weight is 394 g/mol. The van der Waals surface area contributed by atoms with Crippen LogP contribution < -0.4 is 5.32 Å². The predicted octanol–water partition coefficient (Wildman–Crippen LogP) is 4.19. The maximum absolute atomic E-state index is 12.8. The molecule has 1 fully saturated rings. The van der Waals surface area contributed by atoms with Crippen LogP contribution in [0.3, 0.4) is 0 Å². The molecule has 0 spiro atoms. The number of rotatable bonds is 1. The molecule has 3 heterocycles. The van der Waals surface area contributed by atoms with Crippen molar-refractivity contribution in [3.8, 4) is 0 Å². The van der Waals surface area contributed by atoms with E-state index in [4.69, 9.17) is 11.6 Å². The molecule has 1 saturated heterocycles. The van der Waals surface area contributed by atoms with Gasteiger partial charge in [-0.3, -0.25) is 0 Å². The average Bonchev–Trinajstić information content (AvgIpc) is 2.86. The third-order valence-electron chi connectivity index (χ3n) is 4.52. The monoisotopic (exact) mass is 392 g/mol. The number of benzene rings is 1. The molecule has 2 bridgehead atoms. The van der Waals surface area contributed by atoms with E-state index in [2.05, 4.69) is 31.2 Å². The van der Waals surface area contributed by atoms with Gasteiger partial charge in [-0.05, 0) is 47.0 Å². The molecule has 2 unspecified atom stereocenters. The summed E-state index contributed by atoms with van der Waals surface area (Å²) in [5.41, 5.74) is 2.88. The van der Waals surface area contributed by atoms with Crippen LogP contribution in [0.2, 0.25) is 5.02 Å². The summed E-state index contributed by atoms with van der Waals surface area (Å²) in [6.07, 6.45) is 6.18. The molecule has 5 nitrogen and oxygen atoms in total. The summed E-state index contributed by atoms with van der Waals surface area (Å²) in [6, 6.07) is 5.56. The van der Waals surface area contributed by atoms with Crippen LogP contribution in [0.15, 0.2) is 35.2 Å². The lowest BCUT2D eigenvalue weighted by atomic mass is 10.00. The lowest BCUT2D eigenvalue weighted by Crippen LogP contribution is -2.44. The number of nitrogens with zero attached hydrogens (tertiary/aromatic N) is 3. The number of hydrogen-bond donors (Lipinski definition) is 1. The van der Waals surface area contributed by atoms with Crippen LogP contribution in [-0.2, 0) is 6.42 Å². The SMILES string of the molecule is O=C(Nc1ccc(Cl)c(Br)c1)N1C2CCC1c1cncnc1C2. The van der Waals surface area contributed by atoms with Crippen molar-refractivity contribution < 1.29 is 4.79 Å². The van der Waals surface area contributed by atoms with Gasteiger partial charge in [0.15, 0.2) is 0 Å². The molecule has 118 valence electrons. The van der Waals surface area contributed by atoms with E-state index in [1.807, 2.05) is 17.2 Å². The minimum atomic E-state index is -0.0822. The smallest absolute Gasteiger partial charge is 0.314 e. The van der Waals surface area contributed by atoms with E-state index in [-0.39, 0.29) is 18.1 Å². The fraction of sp³-hybridized carbons (Fsp3) is 0.312. The standard InChI is InChI=1S/C16H14BrClN4O/c17-12-5-9(1-3-13(12)18)21-16(23)22-10-2-4-15(22)11-7-19-8-20-14(11)6-10/h1,3,5,7-8,10,15H,2,4,6H2,(H,21,23). The van der Waals surface area contributed by atoms with Gasteiger partial charge in [-0.25, -0.2) is 14.8 Å². The second-order valence-electron chi connectivity index (χ2n) is 5.84. The number of nitrogens with one attached hydrogen (secondary N) is 1. The highest BCUT2D eigenvalue weighted by atomic mass is 79.9. The number of amides is 2. The van der Waals surface area contributed by atoms with Crippen LogP contribution in [-0.4, -0.2) is 26.9 Å². The Hall–Kier alpha value is -1.66. The fourth-order valence-corrected chi connectivity index (χ4v) is 3.99. The predicted molar refractivity (Wildman–Crippen MR) is 91.5 cm³/mol. The van der Waals surface area contributed by atoms with Crippen molar-refractivity contribution in [1.82, 2.24) is 14.9 Å². The van der Waals surface area contributed by atoms with E-state index in [9.17, 15) is 4.79 Å². The number of hydrogen-bond acceptors (Lipinski definition) is 3. The van der Waals surface area contributed by atoms with Gasteiger partial charge >= 0.3 is 6.03 Å². The van der Waals surface area contributed by atoms with Crippen LogP contribution in [0.25, 0.3) is 0 Å². The normalized spacial score (nSPS) is 21.9. The van der Waals surface area contributed by atoms with Gasteiger partial charge in [-0.15, -0.1) is 0 Å². The number of carbonyl (C=O) groups excluding carboxylic acids is 1. The number of urea groups is 1. The zero-order valence-corrected chi connectivity index (χ0v) is 14.5. The van der Waals surface area contributed by atoms with Crippen LogP contribution in [0.1, 0.15) is 30.1 Å². The summed E-state index contributed by atoms with van der Waals surface area (Å²) in [5, 5.41) is 3.59. The molecule has 7 heteroatoms. The first-order valence-electron chi connectivity index (χ1n) is 7.46. The molecule has 1 N–H and O–H groups in total. The van der Waals surface area contributed by atoms with Gasteiger partial charge in [0.25, 0.3) is 0 Å². The Morgan fingerprint density at radius 3 is 3.09 bits per heavy atom. The Morgan fingerprint density at radius 2 is 2.26 bits per heavy atom. The van der Waals surface area contributed by atoms with Crippen molar-refractivity contribution in [2.24, 2.45) is 0 Å². The van der Waals surface area contributed by atoms with Gasteiger partial charge < -0.3 is 10.2 Å². The molecule has 2 aliphatic heterocycles. The lowest BCUT2D eigenvalue weighted by Gasteiger charge is -2.35. The van der Waals surface area contributed by atoms with Crippen molar-refractivity contribution in [1.29, 1.82) is 0 Å². The van der Waals surface area contributed by atoms with Gasteiger partial charge in [0.1, 0.15) is 6.33 Å². The number of carbonyl (C=O) groups is 1. The maximum atomic E-state index is 12.8. The van der Waals surface area contributed by atoms with Crippen LogP contribution in [0.5, 0.6) is 0 Å². The summed E-state index contributed by atoms with van der Waals surface area (Å²) >= 11 is 9.37. The van der Waals surface area contributed by atoms with Crippen molar-refractivity contribution in [2.75, 3.05) is 5.32 Å². The molecular weight excluding hydrogens is 380 g/mol. The molecule has 1 aromatic heterocycles. The number of fused-ring (bicyclic) bond motifs is 4. The lowest BCUT2D eigenvalue weighted by molar-refractivity contribution is 0.178. The maximum Gasteiger partial charge on any atom is 0.322 e. The Kier molecular flexibility index (Phi) is 3.73. The minimum absolute atomic E-state index is 0.0701. The second-order valence-corrected chi connectivity index (χ2v) is 7.10. The Labute approximate surface area is 147 Å². The van der Waals surface area contributed by atoms with E-state index >= 15 is 0 Å². The Balaban J connectivity index is 1.59. The van der Waals surface area contributed by atoms with Gasteiger partial charge in [-0.1, -0.05) is 11.6 Å². The first kappa shape index (κ1) is 14.9. The van der Waals surface area contributed by atoms with Gasteiger partial charge in [0, 0.05) is 34.4 Å². The summed E-state index contributed by atoms with van der Waals surface area (Å²) in [6.45, 7) is 0. The zero-order chi connectivity index (χ0) is 16.0. The van der Waals surface area contributed by atoms with Crippen LogP contribution in [0.4, 0.5) is 10.5 Å². The van der Waals surface area contributed by atoms with Crippen molar-refractivity contribution in [3.63, 3.8) is 0 Å². The Morgan fingerprint density at radius 1 is 1.39 bits per heavy atom. The molecule has 0 aliphatic carbocycles. The molecule has 2 aromatic rings. The van der Waals surface area contributed by atoms with E-state index in [1.54, 1.807) is 18.5 Å². The van der Waals surface area contributed by atoms with E-state index in [0.717, 1.165) is 40.7 Å². The molecule has 23 heavy (non-hydrogen) atoms. The highest BCUT2D eigenvalue weighted by Crippen LogP contribution is 2.43. The highest BCUT2D eigenvalue weighted by molar-refractivity contribution is 9.10. The van der Waals surface area contributed by atoms with Gasteiger partial charge in [0.2, 0.25) is 0 Å². The quantitative estimate of drug-likeness (QED) is 0.790. The van der Waals surface area contributed by atoms with Gasteiger partial charge in [0.05, 0.1) is 16.8 Å². The number of aromatic nitrogens is 2. The van der Waals surface area contributed by atoms with E-state index < -0.39 is 0 Å². The third kappa shape index (κ3) is 2.60. The molecule has 2 atom stereocenters. The minimum Gasteiger partial charge on any atom is -0.314 e. The molecule has 0 radical (unpaired) electrons. The topological polar surface area (TPSA) is 58.1 Å². The summed E-state index contributed by atoms with van der Waals surface area (Å²) in [4.78, 5) is 23.2. The molecule has 0 saturated carbocycles. The van der Waals surface area contributed by atoms with Crippen LogP contribution in [0, 0.1) is 0 Å². The first-order valence-corrected chi connectivity index (χ1v) is 8.63. The second kappa shape index (κ2) is 5.76. The first-order chi connectivity index (χ1) is 11.1. The number of anilines is 1. The number of halogens is 2. The van der Waals surface area contributed by atoms with Crippen molar-refractivity contribution in [2.45, 2.75) is 31.3 Å². The molecule has 1 aromatic carbocycles. The highest BCUT2D eigenvalue weighted by Gasteiger charge is 2.43. The van der Waals surface area contributed by atoms with E-state index in [1.165, 1.54) is 0 Å². The summed E-state index contributed by atoms with van der Waals surface area (Å²) in [7, 11) is 0. The van der Waals surface area contributed by atoms with E-state index in [0.29, 0.717) is 5.02 Å². The zero-order valence-electron chi connectivity index (χ0n) is 12.2. The van der Waals surface area contributed by atoms with Crippen molar-refractivity contribution >= 4 is 39.2 Å².